The maximum Gasteiger partial charge on any atom is 0.267 e. The number of thioether (sulfide) groups is 2. The van der Waals surface area contributed by atoms with E-state index < -0.39 is 0 Å². The van der Waals surface area contributed by atoms with Gasteiger partial charge in [0.25, 0.3) is 11.8 Å². The summed E-state index contributed by atoms with van der Waals surface area (Å²) in [5.74, 6) is -1.01. The third-order valence-corrected chi connectivity index (χ3v) is 9.17. The fraction of sp³-hybridized carbons (Fsp3) is 0.286. The minimum absolute atomic E-state index is 0.150. The molecule has 0 saturated carbocycles. The van der Waals surface area contributed by atoms with Crippen LogP contribution in [0.2, 0.25) is 0 Å². The molecule has 40 heavy (non-hydrogen) atoms. The Morgan fingerprint density at radius 2 is 1.02 bits per heavy atom. The first-order valence-electron chi connectivity index (χ1n) is 12.7. The van der Waals surface area contributed by atoms with Crippen LogP contribution in [0, 0.1) is 13.8 Å². The molecule has 4 rings (SSSR count). The maximum atomic E-state index is 13.1. The number of aryl methyl sites for hydroxylation is 2. The van der Waals surface area contributed by atoms with Gasteiger partial charge < -0.3 is 10.6 Å². The van der Waals surface area contributed by atoms with Crippen LogP contribution in [0.5, 0.6) is 0 Å². The number of thiocarbonyl (C=S) groups is 2. The topological polar surface area (TPSA) is 98.8 Å². The molecule has 2 aromatic carbocycles. The lowest BCUT2D eigenvalue weighted by Gasteiger charge is -2.14. The van der Waals surface area contributed by atoms with E-state index in [1.54, 1.807) is 0 Å². The number of amides is 4. The highest BCUT2D eigenvalue weighted by atomic mass is 32.2. The van der Waals surface area contributed by atoms with Gasteiger partial charge in [0.15, 0.2) is 0 Å². The monoisotopic (exact) mass is 612 g/mol. The molecule has 2 saturated heterocycles. The molecule has 12 heteroatoms. The van der Waals surface area contributed by atoms with Crippen LogP contribution < -0.4 is 10.6 Å². The maximum absolute atomic E-state index is 13.1. The molecular weight excluding hydrogens is 585 g/mol. The van der Waals surface area contributed by atoms with Crippen molar-refractivity contribution in [3.05, 3.63) is 69.5 Å². The Morgan fingerprint density at radius 1 is 0.675 bits per heavy atom. The molecule has 0 atom stereocenters. The largest absolute Gasteiger partial charge is 0.326 e. The fourth-order valence-electron chi connectivity index (χ4n) is 3.97. The third-order valence-electron chi connectivity index (χ3n) is 6.15. The van der Waals surface area contributed by atoms with Crippen molar-refractivity contribution in [2.75, 3.05) is 23.7 Å². The van der Waals surface area contributed by atoms with Crippen LogP contribution in [-0.4, -0.2) is 55.2 Å². The van der Waals surface area contributed by atoms with Crippen LogP contribution in [0.4, 0.5) is 11.4 Å². The van der Waals surface area contributed by atoms with Crippen molar-refractivity contribution >= 4 is 91.6 Å². The van der Waals surface area contributed by atoms with Crippen molar-refractivity contribution in [2.45, 2.75) is 39.5 Å². The highest BCUT2D eigenvalue weighted by Crippen LogP contribution is 2.42. The average molecular weight is 613 g/mol. The standard InChI is InChI=1S/C28H28N4O4S4/c1-17-7-11-19(12-8-17)29-21(33)5-3-15-31-25(35)23(39-27(31)37)24-26(36)32(28(38)40-24)16-4-6-22(34)30-20-13-9-18(2)10-14-20/h7-14H,3-6,15-16H2,1-2H3,(H,29,33)(H,30,34). The number of nitrogens with one attached hydrogen (secondary N) is 2. The average Bonchev–Trinajstić information content (AvgIpc) is 3.35. The normalized spacial score (nSPS) is 17.1. The van der Waals surface area contributed by atoms with Gasteiger partial charge in [0.05, 0.1) is 9.81 Å². The van der Waals surface area contributed by atoms with Gasteiger partial charge in [-0.25, -0.2) is 0 Å². The number of nitrogens with zero attached hydrogens (tertiary/aromatic N) is 2. The summed E-state index contributed by atoms with van der Waals surface area (Å²) >= 11 is 13.0. The predicted octanol–water partition coefficient (Wildman–Crippen LogP) is 5.37. The van der Waals surface area contributed by atoms with Crippen molar-refractivity contribution in [3.8, 4) is 0 Å². The molecule has 0 radical (unpaired) electrons. The predicted molar refractivity (Wildman–Crippen MR) is 169 cm³/mol. The summed E-state index contributed by atoms with van der Waals surface area (Å²) in [6, 6.07) is 15.0. The fourth-order valence-corrected chi connectivity index (χ4v) is 6.74. The molecule has 2 heterocycles. The third kappa shape index (κ3) is 7.57. The molecule has 8 nitrogen and oxygen atoms in total. The molecule has 2 aliphatic heterocycles. The van der Waals surface area contributed by atoms with Crippen LogP contribution in [0.1, 0.15) is 36.8 Å². The molecule has 0 aliphatic carbocycles. The van der Waals surface area contributed by atoms with E-state index in [0.717, 1.165) is 46.0 Å². The van der Waals surface area contributed by atoms with Gasteiger partial charge >= 0.3 is 0 Å². The lowest BCUT2D eigenvalue weighted by Crippen LogP contribution is -2.31. The van der Waals surface area contributed by atoms with Crippen molar-refractivity contribution in [1.82, 2.24) is 9.80 Å². The van der Waals surface area contributed by atoms with Gasteiger partial charge in [-0.3, -0.25) is 29.0 Å². The Bertz CT molecular complexity index is 1280. The second-order valence-corrected chi connectivity index (χ2v) is 12.6. The van der Waals surface area contributed by atoms with Crippen molar-refractivity contribution in [1.29, 1.82) is 0 Å². The number of benzene rings is 2. The first-order chi connectivity index (χ1) is 19.1. The molecule has 208 valence electrons. The van der Waals surface area contributed by atoms with E-state index in [1.165, 1.54) is 9.80 Å². The number of hydrogen-bond donors (Lipinski definition) is 2. The van der Waals surface area contributed by atoms with Gasteiger partial charge in [-0.2, -0.15) is 0 Å². The second kappa shape index (κ2) is 13.5. The summed E-state index contributed by atoms with van der Waals surface area (Å²) in [4.78, 5) is 54.2. The lowest BCUT2D eigenvalue weighted by molar-refractivity contribution is -0.124. The van der Waals surface area contributed by atoms with Crippen LogP contribution in [0.15, 0.2) is 58.3 Å². The number of carbonyl (C=O) groups is 4. The summed E-state index contributed by atoms with van der Waals surface area (Å²) < 4.78 is 0.689. The van der Waals surface area contributed by atoms with Gasteiger partial charge in [0.2, 0.25) is 11.8 Å². The summed E-state index contributed by atoms with van der Waals surface area (Å²) in [5, 5.41) is 5.68. The molecule has 0 bridgehead atoms. The minimum atomic E-state index is -0.355. The van der Waals surface area contributed by atoms with Gasteiger partial charge in [-0.15, -0.1) is 0 Å². The number of anilines is 2. The molecule has 0 spiro atoms. The number of hydrogen-bond acceptors (Lipinski definition) is 8. The van der Waals surface area contributed by atoms with Gasteiger partial charge in [0.1, 0.15) is 8.64 Å². The van der Waals surface area contributed by atoms with E-state index in [1.807, 2.05) is 62.4 Å². The second-order valence-electron chi connectivity index (χ2n) is 9.34. The molecule has 0 unspecified atom stereocenters. The van der Waals surface area contributed by atoms with E-state index >= 15 is 0 Å². The lowest BCUT2D eigenvalue weighted by atomic mass is 10.2. The number of rotatable bonds is 10. The van der Waals surface area contributed by atoms with Crippen LogP contribution in [-0.2, 0) is 19.2 Å². The van der Waals surface area contributed by atoms with Crippen LogP contribution in [0.3, 0.4) is 0 Å². The SMILES string of the molecule is Cc1ccc(NC(=O)CCCN2C(=O)C(=C3SC(=S)N(CCCC(=O)Nc4ccc(C)cc4)C3=O)SC2=S)cc1. The Kier molecular flexibility index (Phi) is 10.1. The number of carbonyl (C=O) groups excluding carboxylic acids is 4. The smallest absolute Gasteiger partial charge is 0.267 e. The van der Waals surface area contributed by atoms with Crippen molar-refractivity contribution in [3.63, 3.8) is 0 Å². The molecular formula is C28H28N4O4S4. The summed E-state index contributed by atoms with van der Waals surface area (Å²) in [7, 11) is 0. The van der Waals surface area contributed by atoms with E-state index in [0.29, 0.717) is 21.5 Å². The molecule has 0 aromatic heterocycles. The highest BCUT2D eigenvalue weighted by molar-refractivity contribution is 8.29. The summed E-state index contributed by atoms with van der Waals surface area (Å²) in [5.41, 5.74) is 3.64. The Balaban J connectivity index is 1.27. The molecule has 2 aliphatic rings. The van der Waals surface area contributed by atoms with Crippen molar-refractivity contribution in [2.24, 2.45) is 0 Å². The van der Waals surface area contributed by atoms with Gasteiger partial charge in [-0.05, 0) is 51.0 Å². The van der Waals surface area contributed by atoms with Crippen LogP contribution >= 0.6 is 48.0 Å². The van der Waals surface area contributed by atoms with Gasteiger partial charge in [-0.1, -0.05) is 83.4 Å². The zero-order valence-corrected chi connectivity index (χ0v) is 25.3. The van der Waals surface area contributed by atoms with E-state index in [2.05, 4.69) is 10.6 Å². The quantitative estimate of drug-likeness (QED) is 0.273. The first-order valence-corrected chi connectivity index (χ1v) is 15.1. The molecule has 2 N–H and O–H groups in total. The van der Waals surface area contributed by atoms with E-state index in [4.69, 9.17) is 24.4 Å². The zero-order valence-electron chi connectivity index (χ0n) is 22.0. The minimum Gasteiger partial charge on any atom is -0.326 e. The molecule has 2 fully saturated rings. The van der Waals surface area contributed by atoms with E-state index in [-0.39, 0.29) is 59.4 Å². The Labute approximate surface area is 252 Å². The molecule has 4 amide bonds. The van der Waals surface area contributed by atoms with Gasteiger partial charge in [0, 0.05) is 37.3 Å². The molecule has 2 aromatic rings. The first kappa shape index (κ1) is 29.9. The Hall–Kier alpha value is -3.06. The zero-order chi connectivity index (χ0) is 28.8. The van der Waals surface area contributed by atoms with E-state index in [9.17, 15) is 19.2 Å². The Morgan fingerprint density at radius 3 is 1.38 bits per heavy atom. The van der Waals surface area contributed by atoms with Crippen LogP contribution in [0.25, 0.3) is 0 Å². The van der Waals surface area contributed by atoms with Crippen molar-refractivity contribution < 1.29 is 19.2 Å². The summed E-state index contributed by atoms with van der Waals surface area (Å²) in [6.07, 6.45) is 1.28. The highest BCUT2D eigenvalue weighted by Gasteiger charge is 2.41. The summed E-state index contributed by atoms with van der Waals surface area (Å²) in [6.45, 7) is 4.48.